The Bertz CT molecular complexity index is 180. The third-order valence-corrected chi connectivity index (χ3v) is 3.45. The molecule has 6 N–H and O–H groups in total. The van der Waals surface area contributed by atoms with E-state index >= 15 is 0 Å². The van der Waals surface area contributed by atoms with Gasteiger partial charge in [-0.25, -0.2) is 0 Å². The van der Waals surface area contributed by atoms with Gasteiger partial charge in [0, 0.05) is 0 Å². The molecule has 0 amide bonds. The van der Waals surface area contributed by atoms with Crippen molar-refractivity contribution in [2.24, 2.45) is 0 Å². The molecule has 0 saturated heterocycles. The second-order valence-corrected chi connectivity index (χ2v) is 4.82. The Kier molecular flexibility index (Phi) is 3.18. The summed E-state index contributed by atoms with van der Waals surface area (Å²) in [5, 5.41) is 55.2. The zero-order valence-corrected chi connectivity index (χ0v) is 8.61. The Hall–Kier alpha value is 0.490. The van der Waals surface area contributed by atoms with E-state index < -0.39 is 34.1 Å². The summed E-state index contributed by atoms with van der Waals surface area (Å²) < 4.78 is -2.06. The van der Waals surface area contributed by atoms with E-state index in [1.54, 1.807) is 0 Å². The first-order valence-electron chi connectivity index (χ1n) is 3.61. The lowest BCUT2D eigenvalue weighted by Crippen LogP contribution is -2.68. The van der Waals surface area contributed by atoms with E-state index in [9.17, 15) is 15.3 Å². The molecule has 0 unspecified atom stereocenters. The summed E-state index contributed by atoms with van der Waals surface area (Å²) in [6.45, 7) is 0. The molecule has 0 heterocycles. The topological polar surface area (TPSA) is 121 Å². The van der Waals surface area contributed by atoms with Crippen LogP contribution in [0.25, 0.3) is 0 Å². The molecular weight excluding hydrogens is 295 g/mol. The van der Waals surface area contributed by atoms with Crippen LogP contribution in [0.2, 0.25) is 0 Å². The van der Waals surface area contributed by atoms with Crippen molar-refractivity contribution in [2.75, 3.05) is 0 Å². The SMILES string of the molecule is O[C@@H]1[C@@H](O)[C@@H](O)[C@@](O)(I)[C@H](O)[C@H]1O. The van der Waals surface area contributed by atoms with Gasteiger partial charge < -0.3 is 30.6 Å². The van der Waals surface area contributed by atoms with Crippen molar-refractivity contribution < 1.29 is 30.6 Å². The van der Waals surface area contributed by atoms with E-state index in [-0.39, 0.29) is 0 Å². The molecule has 1 saturated carbocycles. The fourth-order valence-corrected chi connectivity index (χ4v) is 1.97. The molecule has 7 heteroatoms. The van der Waals surface area contributed by atoms with Gasteiger partial charge in [0.25, 0.3) is 0 Å². The number of rotatable bonds is 0. The van der Waals surface area contributed by atoms with Gasteiger partial charge in [-0.3, -0.25) is 0 Å². The second-order valence-electron chi connectivity index (χ2n) is 3.09. The minimum absolute atomic E-state index is 1.31. The molecule has 0 aromatic carbocycles. The Labute approximate surface area is 87.6 Å². The van der Waals surface area contributed by atoms with Gasteiger partial charge in [0.05, 0.1) is 0 Å². The van der Waals surface area contributed by atoms with Crippen molar-refractivity contribution in [3.8, 4) is 0 Å². The Morgan fingerprint density at radius 2 is 1.08 bits per heavy atom. The first-order chi connectivity index (χ1) is 5.80. The summed E-state index contributed by atoms with van der Waals surface area (Å²) >= 11 is 1.31. The van der Waals surface area contributed by atoms with Crippen LogP contribution in [-0.4, -0.2) is 64.8 Å². The molecule has 78 valence electrons. The monoisotopic (exact) mass is 306 g/mol. The molecule has 0 bridgehead atoms. The molecular formula is C6H11IO6. The van der Waals surface area contributed by atoms with Crippen LogP contribution >= 0.6 is 22.6 Å². The molecule has 6 atom stereocenters. The molecule has 13 heavy (non-hydrogen) atoms. The van der Waals surface area contributed by atoms with Crippen LogP contribution in [0, 0.1) is 0 Å². The Balaban J connectivity index is 2.93. The number of aliphatic hydroxyl groups excluding tert-OH is 5. The summed E-state index contributed by atoms with van der Waals surface area (Å²) in [5.41, 5.74) is 0. The maximum Gasteiger partial charge on any atom is 0.172 e. The minimum Gasteiger partial charge on any atom is -0.387 e. The zero-order valence-electron chi connectivity index (χ0n) is 6.45. The van der Waals surface area contributed by atoms with Crippen molar-refractivity contribution in [1.29, 1.82) is 0 Å². The number of alkyl halides is 1. The smallest absolute Gasteiger partial charge is 0.172 e. The molecule has 1 fully saturated rings. The van der Waals surface area contributed by atoms with Crippen LogP contribution in [0.4, 0.5) is 0 Å². The highest BCUT2D eigenvalue weighted by atomic mass is 127. The van der Waals surface area contributed by atoms with Crippen LogP contribution in [0.5, 0.6) is 0 Å². The second kappa shape index (κ2) is 3.57. The first-order valence-corrected chi connectivity index (χ1v) is 4.69. The van der Waals surface area contributed by atoms with Crippen LogP contribution in [0.1, 0.15) is 0 Å². The van der Waals surface area contributed by atoms with Crippen LogP contribution in [0.3, 0.4) is 0 Å². The van der Waals surface area contributed by atoms with Crippen LogP contribution < -0.4 is 0 Å². The lowest BCUT2D eigenvalue weighted by molar-refractivity contribution is -0.229. The number of halogens is 1. The molecule has 0 spiro atoms. The van der Waals surface area contributed by atoms with E-state index in [0.717, 1.165) is 0 Å². The minimum atomic E-state index is -2.06. The number of hydrogen-bond donors (Lipinski definition) is 6. The largest absolute Gasteiger partial charge is 0.387 e. The van der Waals surface area contributed by atoms with Crippen LogP contribution in [-0.2, 0) is 0 Å². The summed E-state index contributed by atoms with van der Waals surface area (Å²) in [7, 11) is 0. The van der Waals surface area contributed by atoms with E-state index in [1.807, 2.05) is 0 Å². The Morgan fingerprint density at radius 3 is 1.38 bits per heavy atom. The van der Waals surface area contributed by atoms with Gasteiger partial charge in [-0.15, -0.1) is 0 Å². The summed E-state index contributed by atoms with van der Waals surface area (Å²) in [6, 6.07) is 0. The summed E-state index contributed by atoms with van der Waals surface area (Å²) in [6.07, 6.45) is -8.44. The van der Waals surface area contributed by atoms with Gasteiger partial charge in [0.1, 0.15) is 30.5 Å². The maximum absolute atomic E-state index is 9.43. The number of hydrogen-bond acceptors (Lipinski definition) is 6. The van der Waals surface area contributed by atoms with E-state index in [1.165, 1.54) is 22.6 Å². The predicted molar refractivity (Wildman–Crippen MR) is 49.0 cm³/mol. The van der Waals surface area contributed by atoms with Crippen LogP contribution in [0.15, 0.2) is 0 Å². The van der Waals surface area contributed by atoms with Gasteiger partial charge in [0.2, 0.25) is 0 Å². The molecule has 1 aliphatic rings. The van der Waals surface area contributed by atoms with Gasteiger partial charge in [-0.2, -0.15) is 0 Å². The quantitative estimate of drug-likeness (QED) is 0.209. The van der Waals surface area contributed by atoms with E-state index in [4.69, 9.17) is 15.3 Å². The van der Waals surface area contributed by atoms with Crippen molar-refractivity contribution in [3.63, 3.8) is 0 Å². The predicted octanol–water partition coefficient (Wildman–Crippen LogP) is -3.07. The van der Waals surface area contributed by atoms with E-state index in [2.05, 4.69) is 0 Å². The maximum atomic E-state index is 9.43. The molecule has 6 nitrogen and oxygen atoms in total. The fourth-order valence-electron chi connectivity index (χ4n) is 1.23. The standard InChI is InChI=1S/C6H11IO6/c7-6(13)4(11)2(9)1(8)3(10)5(6)12/h1-5,8-13H/t1-,2-,3+,4-,5-,6+/m1/s1. The highest BCUT2D eigenvalue weighted by Gasteiger charge is 2.56. The average molecular weight is 306 g/mol. The molecule has 0 radical (unpaired) electrons. The normalized spacial score (nSPS) is 57.9. The molecule has 1 rings (SSSR count). The molecule has 1 aliphatic carbocycles. The number of aliphatic hydroxyl groups is 6. The molecule has 0 aromatic heterocycles. The van der Waals surface area contributed by atoms with Gasteiger partial charge in [0.15, 0.2) is 3.61 Å². The third kappa shape index (κ3) is 1.69. The molecule has 0 aromatic rings. The third-order valence-electron chi connectivity index (χ3n) is 2.18. The average Bonchev–Trinajstić information content (AvgIpc) is 2.09. The lowest BCUT2D eigenvalue weighted by Gasteiger charge is -2.44. The van der Waals surface area contributed by atoms with Crippen molar-refractivity contribution in [2.45, 2.75) is 34.1 Å². The Morgan fingerprint density at radius 1 is 0.769 bits per heavy atom. The fraction of sp³-hybridized carbons (Fsp3) is 1.00. The van der Waals surface area contributed by atoms with Crippen molar-refractivity contribution in [3.05, 3.63) is 0 Å². The van der Waals surface area contributed by atoms with Gasteiger partial charge in [-0.05, 0) is 22.6 Å². The highest BCUT2D eigenvalue weighted by molar-refractivity contribution is 14.1. The zero-order chi connectivity index (χ0) is 10.4. The van der Waals surface area contributed by atoms with Crippen molar-refractivity contribution >= 4 is 22.6 Å². The first kappa shape index (κ1) is 11.6. The van der Waals surface area contributed by atoms with Gasteiger partial charge in [-0.1, -0.05) is 0 Å². The molecule has 0 aliphatic heterocycles. The van der Waals surface area contributed by atoms with E-state index in [0.29, 0.717) is 0 Å². The summed E-state index contributed by atoms with van der Waals surface area (Å²) in [4.78, 5) is 0. The van der Waals surface area contributed by atoms with Crippen molar-refractivity contribution in [1.82, 2.24) is 0 Å². The summed E-state index contributed by atoms with van der Waals surface area (Å²) in [5.74, 6) is 0. The highest BCUT2D eigenvalue weighted by Crippen LogP contribution is 2.35. The lowest BCUT2D eigenvalue weighted by atomic mass is 9.85. The van der Waals surface area contributed by atoms with Gasteiger partial charge >= 0.3 is 0 Å².